The van der Waals surface area contributed by atoms with Crippen LogP contribution in [0.25, 0.3) is 0 Å². The molecule has 26 heavy (non-hydrogen) atoms. The van der Waals surface area contributed by atoms with Crippen molar-refractivity contribution in [3.63, 3.8) is 0 Å². The van der Waals surface area contributed by atoms with Gasteiger partial charge in [-0.25, -0.2) is 0 Å². The molecule has 2 aromatic carbocycles. The van der Waals surface area contributed by atoms with E-state index in [0.717, 1.165) is 10.0 Å². The minimum absolute atomic E-state index is 0.0670. The van der Waals surface area contributed by atoms with Crippen LogP contribution in [0, 0.1) is 0 Å². The maximum absolute atomic E-state index is 12.2. The quantitative estimate of drug-likeness (QED) is 0.619. The van der Waals surface area contributed by atoms with Gasteiger partial charge in [0.05, 0.1) is 0 Å². The van der Waals surface area contributed by atoms with Crippen LogP contribution in [0.3, 0.4) is 0 Å². The summed E-state index contributed by atoms with van der Waals surface area (Å²) in [5.41, 5.74) is 1.61. The van der Waals surface area contributed by atoms with Crippen LogP contribution in [-0.4, -0.2) is 19.1 Å². The summed E-state index contributed by atoms with van der Waals surface area (Å²) in [6.45, 7) is 10.3. The fourth-order valence-electron chi connectivity index (χ4n) is 2.37. The summed E-state index contributed by atoms with van der Waals surface area (Å²) < 4.78 is 12.2. The zero-order valence-electron chi connectivity index (χ0n) is 15.3. The van der Waals surface area contributed by atoms with Gasteiger partial charge in [0, 0.05) is 21.8 Å². The number of hydrogen-bond donors (Lipinski definition) is 1. The van der Waals surface area contributed by atoms with E-state index in [1.807, 2.05) is 30.3 Å². The zero-order chi connectivity index (χ0) is 19.2. The Hall–Kier alpha value is -2.27. The Labute approximate surface area is 163 Å². The highest BCUT2D eigenvalue weighted by atomic mass is 79.9. The van der Waals surface area contributed by atoms with Gasteiger partial charge in [0.1, 0.15) is 18.1 Å². The lowest BCUT2D eigenvalue weighted by Gasteiger charge is -2.23. The van der Waals surface area contributed by atoms with Crippen molar-refractivity contribution in [3.8, 4) is 11.5 Å². The lowest BCUT2D eigenvalue weighted by molar-refractivity contribution is -0.118. The molecular weight excluding hydrogens is 394 g/mol. The number of carbonyl (C=O) groups excluding carboxylic acids is 1. The number of hydrogen-bond acceptors (Lipinski definition) is 3. The summed E-state index contributed by atoms with van der Waals surface area (Å²) in [5.74, 6) is 1.15. The minimum Gasteiger partial charge on any atom is -0.489 e. The molecule has 0 bridgehead atoms. The number of rotatable bonds is 7. The third kappa shape index (κ3) is 5.92. The van der Waals surface area contributed by atoms with E-state index in [1.165, 1.54) is 0 Å². The number of nitrogens with one attached hydrogen (secondary N) is 1. The molecule has 0 unspecified atom stereocenters. The molecule has 0 fully saturated rings. The summed E-state index contributed by atoms with van der Waals surface area (Å²) in [4.78, 5) is 12.2. The average Bonchev–Trinajstić information content (AvgIpc) is 2.58. The van der Waals surface area contributed by atoms with Gasteiger partial charge in [-0.2, -0.15) is 0 Å². The van der Waals surface area contributed by atoms with E-state index in [9.17, 15) is 4.79 Å². The van der Waals surface area contributed by atoms with Crippen molar-refractivity contribution in [3.05, 3.63) is 65.2 Å². The van der Waals surface area contributed by atoms with Crippen LogP contribution in [-0.2, 0) is 10.2 Å². The summed E-state index contributed by atoms with van der Waals surface area (Å²) in [6, 6.07) is 13.0. The summed E-state index contributed by atoms with van der Waals surface area (Å²) in [7, 11) is 0. The molecule has 0 saturated carbocycles. The van der Waals surface area contributed by atoms with Gasteiger partial charge in [-0.15, -0.1) is 0 Å². The number of ether oxygens (including phenoxy) is 2. The number of carbonyl (C=O) groups is 1. The SMILES string of the molecule is C=CCOc1cccc(NC(=O)COc2ccc(Br)cc2C(C)(C)C)c1. The van der Waals surface area contributed by atoms with Crippen molar-refractivity contribution in [2.45, 2.75) is 26.2 Å². The predicted octanol–water partition coefficient (Wildman–Crippen LogP) is 5.33. The number of halogens is 1. The number of benzene rings is 2. The van der Waals surface area contributed by atoms with Crippen LogP contribution < -0.4 is 14.8 Å². The lowest BCUT2D eigenvalue weighted by Crippen LogP contribution is -2.22. The first kappa shape index (κ1) is 20.0. The standard InChI is InChI=1S/C21H24BrNO3/c1-5-11-25-17-8-6-7-16(13-17)23-20(24)14-26-19-10-9-15(22)12-18(19)21(2,3)4/h5-10,12-13H,1,11,14H2,2-4H3,(H,23,24). The maximum Gasteiger partial charge on any atom is 0.262 e. The monoisotopic (exact) mass is 417 g/mol. The fraction of sp³-hybridized carbons (Fsp3) is 0.286. The van der Waals surface area contributed by atoms with E-state index in [-0.39, 0.29) is 17.9 Å². The van der Waals surface area contributed by atoms with Gasteiger partial charge >= 0.3 is 0 Å². The molecule has 1 N–H and O–H groups in total. The van der Waals surface area contributed by atoms with Crippen LogP contribution in [0.1, 0.15) is 26.3 Å². The van der Waals surface area contributed by atoms with Gasteiger partial charge in [0.25, 0.3) is 5.91 Å². The second-order valence-corrected chi connectivity index (χ2v) is 7.77. The molecular formula is C21H24BrNO3. The molecule has 0 saturated heterocycles. The predicted molar refractivity (Wildman–Crippen MR) is 109 cm³/mol. The highest BCUT2D eigenvalue weighted by Crippen LogP contribution is 2.33. The van der Waals surface area contributed by atoms with Crippen LogP contribution in [0.15, 0.2) is 59.6 Å². The van der Waals surface area contributed by atoms with Crippen molar-refractivity contribution >= 4 is 27.5 Å². The van der Waals surface area contributed by atoms with Crippen molar-refractivity contribution in [1.29, 1.82) is 0 Å². The molecule has 0 radical (unpaired) electrons. The number of anilines is 1. The molecule has 0 aliphatic heterocycles. The summed E-state index contributed by atoms with van der Waals surface area (Å²) >= 11 is 3.48. The van der Waals surface area contributed by atoms with Crippen LogP contribution in [0.2, 0.25) is 0 Å². The molecule has 5 heteroatoms. The largest absolute Gasteiger partial charge is 0.489 e. The molecule has 0 aliphatic carbocycles. The first-order chi connectivity index (χ1) is 12.3. The smallest absolute Gasteiger partial charge is 0.262 e. The Kier molecular flexibility index (Phi) is 6.86. The molecule has 138 valence electrons. The minimum atomic E-state index is -0.228. The van der Waals surface area contributed by atoms with Crippen LogP contribution in [0.5, 0.6) is 11.5 Å². The third-order valence-electron chi connectivity index (χ3n) is 3.59. The molecule has 0 aliphatic rings. The van der Waals surface area contributed by atoms with Gasteiger partial charge in [0.2, 0.25) is 0 Å². The third-order valence-corrected chi connectivity index (χ3v) is 4.09. The molecule has 2 rings (SSSR count). The fourth-order valence-corrected chi connectivity index (χ4v) is 2.73. The van der Waals surface area contributed by atoms with Gasteiger partial charge in [-0.05, 0) is 35.7 Å². The van der Waals surface area contributed by atoms with E-state index in [4.69, 9.17) is 9.47 Å². The number of amides is 1. The van der Waals surface area contributed by atoms with Crippen LogP contribution in [0.4, 0.5) is 5.69 Å². The highest BCUT2D eigenvalue weighted by molar-refractivity contribution is 9.10. The highest BCUT2D eigenvalue weighted by Gasteiger charge is 2.20. The maximum atomic E-state index is 12.2. The van der Waals surface area contributed by atoms with Crippen molar-refractivity contribution < 1.29 is 14.3 Å². The Morgan fingerprint density at radius 2 is 1.96 bits per heavy atom. The molecule has 0 heterocycles. The second kappa shape index (κ2) is 8.90. The molecule has 0 atom stereocenters. The molecule has 1 amide bonds. The summed E-state index contributed by atoms with van der Waals surface area (Å²) in [6.07, 6.45) is 1.67. The Bertz CT molecular complexity index is 781. The van der Waals surface area contributed by atoms with E-state index >= 15 is 0 Å². The topological polar surface area (TPSA) is 47.6 Å². The first-order valence-corrected chi connectivity index (χ1v) is 9.15. The van der Waals surface area contributed by atoms with Gasteiger partial charge < -0.3 is 14.8 Å². The van der Waals surface area contributed by atoms with Crippen molar-refractivity contribution in [1.82, 2.24) is 0 Å². The van der Waals surface area contributed by atoms with Gasteiger partial charge in [0.15, 0.2) is 6.61 Å². The van der Waals surface area contributed by atoms with Crippen molar-refractivity contribution in [2.75, 3.05) is 18.5 Å². The molecule has 0 aromatic heterocycles. The average molecular weight is 418 g/mol. The molecule has 4 nitrogen and oxygen atoms in total. The van der Waals surface area contributed by atoms with E-state index < -0.39 is 0 Å². The Morgan fingerprint density at radius 1 is 1.19 bits per heavy atom. The van der Waals surface area contributed by atoms with E-state index in [1.54, 1.807) is 18.2 Å². The van der Waals surface area contributed by atoms with Crippen LogP contribution >= 0.6 is 15.9 Å². The first-order valence-electron chi connectivity index (χ1n) is 8.36. The normalized spacial score (nSPS) is 10.9. The van der Waals surface area contributed by atoms with Crippen molar-refractivity contribution in [2.24, 2.45) is 0 Å². The zero-order valence-corrected chi connectivity index (χ0v) is 16.9. The molecule has 2 aromatic rings. The van der Waals surface area contributed by atoms with E-state index in [0.29, 0.717) is 23.8 Å². The summed E-state index contributed by atoms with van der Waals surface area (Å²) in [5, 5.41) is 2.82. The lowest BCUT2D eigenvalue weighted by atomic mass is 9.86. The second-order valence-electron chi connectivity index (χ2n) is 6.85. The Morgan fingerprint density at radius 3 is 2.65 bits per heavy atom. The molecule has 0 spiro atoms. The van der Waals surface area contributed by atoms with Gasteiger partial charge in [-0.1, -0.05) is 55.4 Å². The Balaban J connectivity index is 2.00. The van der Waals surface area contributed by atoms with E-state index in [2.05, 4.69) is 48.6 Å². The van der Waals surface area contributed by atoms with Gasteiger partial charge in [-0.3, -0.25) is 4.79 Å².